The summed E-state index contributed by atoms with van der Waals surface area (Å²) in [6, 6.07) is 8.94. The van der Waals surface area contributed by atoms with Gasteiger partial charge in [0.15, 0.2) is 0 Å². The van der Waals surface area contributed by atoms with Crippen LogP contribution in [0.15, 0.2) is 24.3 Å². The molecule has 1 saturated carbocycles. The van der Waals surface area contributed by atoms with Crippen molar-refractivity contribution in [1.29, 1.82) is 0 Å². The van der Waals surface area contributed by atoms with Gasteiger partial charge in [-0.05, 0) is 41.2 Å². The molecule has 0 amide bonds. The Morgan fingerprint density at radius 1 is 1.30 bits per heavy atom. The third-order valence-corrected chi connectivity index (χ3v) is 4.43. The number of rotatable bonds is 4. The van der Waals surface area contributed by atoms with Gasteiger partial charge < -0.3 is 4.74 Å². The standard InChI is InChI=1S/C18H26O2/c1-12(10-14-11-16(14)17(19)20-5)13-6-8-15(9-7-13)18(2,3)4/h6-9,12,14,16H,10-11H2,1-5H3. The van der Waals surface area contributed by atoms with Crippen molar-refractivity contribution in [2.45, 2.75) is 51.9 Å². The Kier molecular flexibility index (Phi) is 4.22. The third-order valence-electron chi connectivity index (χ3n) is 4.43. The number of benzene rings is 1. The molecule has 1 fully saturated rings. The highest BCUT2D eigenvalue weighted by Gasteiger charge is 2.44. The summed E-state index contributed by atoms with van der Waals surface area (Å²) >= 11 is 0. The fraction of sp³-hybridized carbons (Fsp3) is 0.611. The fourth-order valence-corrected chi connectivity index (χ4v) is 2.85. The van der Waals surface area contributed by atoms with Gasteiger partial charge in [-0.2, -0.15) is 0 Å². The molecule has 0 bridgehead atoms. The topological polar surface area (TPSA) is 26.3 Å². The van der Waals surface area contributed by atoms with E-state index in [1.54, 1.807) is 0 Å². The minimum Gasteiger partial charge on any atom is -0.469 e. The molecule has 0 heterocycles. The Morgan fingerprint density at radius 3 is 2.40 bits per heavy atom. The van der Waals surface area contributed by atoms with Crippen LogP contribution < -0.4 is 0 Å². The number of ether oxygens (including phenoxy) is 1. The summed E-state index contributed by atoms with van der Waals surface area (Å²) in [6.07, 6.45) is 2.08. The largest absolute Gasteiger partial charge is 0.469 e. The Morgan fingerprint density at radius 2 is 1.90 bits per heavy atom. The van der Waals surface area contributed by atoms with Crippen molar-refractivity contribution < 1.29 is 9.53 Å². The number of methoxy groups -OCH3 is 1. The molecule has 110 valence electrons. The summed E-state index contributed by atoms with van der Waals surface area (Å²) in [5.41, 5.74) is 2.94. The lowest BCUT2D eigenvalue weighted by atomic mass is 9.85. The number of hydrogen-bond acceptors (Lipinski definition) is 2. The van der Waals surface area contributed by atoms with E-state index in [0.717, 1.165) is 12.8 Å². The number of hydrogen-bond donors (Lipinski definition) is 0. The lowest BCUT2D eigenvalue weighted by Crippen LogP contribution is -2.11. The zero-order valence-corrected chi connectivity index (χ0v) is 13.3. The van der Waals surface area contributed by atoms with Crippen LogP contribution in [0.25, 0.3) is 0 Å². The quantitative estimate of drug-likeness (QED) is 0.766. The van der Waals surface area contributed by atoms with Gasteiger partial charge in [0.25, 0.3) is 0 Å². The van der Waals surface area contributed by atoms with E-state index in [0.29, 0.717) is 11.8 Å². The molecule has 2 nitrogen and oxygen atoms in total. The predicted molar refractivity (Wildman–Crippen MR) is 81.8 cm³/mol. The van der Waals surface area contributed by atoms with Crippen molar-refractivity contribution in [3.05, 3.63) is 35.4 Å². The van der Waals surface area contributed by atoms with Crippen LogP contribution in [0.5, 0.6) is 0 Å². The van der Waals surface area contributed by atoms with E-state index in [-0.39, 0.29) is 17.3 Å². The second kappa shape index (κ2) is 5.59. The van der Waals surface area contributed by atoms with Crippen molar-refractivity contribution in [3.63, 3.8) is 0 Å². The average Bonchev–Trinajstić information content (AvgIpc) is 3.16. The van der Waals surface area contributed by atoms with Gasteiger partial charge in [-0.15, -0.1) is 0 Å². The summed E-state index contributed by atoms with van der Waals surface area (Å²) in [5, 5.41) is 0. The van der Waals surface area contributed by atoms with Crippen molar-refractivity contribution in [2.24, 2.45) is 11.8 Å². The van der Waals surface area contributed by atoms with Crippen molar-refractivity contribution in [1.82, 2.24) is 0 Å². The highest BCUT2D eigenvalue weighted by Crippen LogP contribution is 2.45. The molecule has 1 aromatic carbocycles. The van der Waals surface area contributed by atoms with Gasteiger partial charge in [0, 0.05) is 0 Å². The lowest BCUT2D eigenvalue weighted by Gasteiger charge is -2.20. The van der Waals surface area contributed by atoms with Gasteiger partial charge >= 0.3 is 5.97 Å². The Hall–Kier alpha value is -1.31. The van der Waals surface area contributed by atoms with E-state index in [1.807, 2.05) is 0 Å². The van der Waals surface area contributed by atoms with E-state index in [1.165, 1.54) is 18.2 Å². The number of carbonyl (C=O) groups excluding carboxylic acids is 1. The first kappa shape index (κ1) is 15.1. The van der Waals surface area contributed by atoms with Crippen LogP contribution in [0.3, 0.4) is 0 Å². The van der Waals surface area contributed by atoms with Crippen molar-refractivity contribution in [2.75, 3.05) is 7.11 Å². The van der Waals surface area contributed by atoms with E-state index in [9.17, 15) is 4.79 Å². The molecule has 0 aromatic heterocycles. The summed E-state index contributed by atoms with van der Waals surface area (Å²) < 4.78 is 4.81. The van der Waals surface area contributed by atoms with Crippen LogP contribution >= 0.6 is 0 Å². The molecule has 2 rings (SSSR count). The summed E-state index contributed by atoms with van der Waals surface area (Å²) in [7, 11) is 1.48. The lowest BCUT2D eigenvalue weighted by molar-refractivity contribution is -0.142. The first-order valence-electron chi connectivity index (χ1n) is 7.51. The van der Waals surface area contributed by atoms with Crippen molar-refractivity contribution in [3.8, 4) is 0 Å². The molecule has 2 heteroatoms. The van der Waals surface area contributed by atoms with Crippen LogP contribution in [-0.2, 0) is 14.9 Å². The maximum absolute atomic E-state index is 11.4. The van der Waals surface area contributed by atoms with Gasteiger partial charge in [-0.25, -0.2) is 0 Å². The maximum Gasteiger partial charge on any atom is 0.308 e. The van der Waals surface area contributed by atoms with E-state index in [4.69, 9.17) is 4.74 Å². The molecular weight excluding hydrogens is 248 g/mol. The smallest absolute Gasteiger partial charge is 0.308 e. The maximum atomic E-state index is 11.4. The molecule has 0 N–H and O–H groups in total. The first-order chi connectivity index (χ1) is 9.32. The number of esters is 1. The summed E-state index contributed by atoms with van der Waals surface area (Å²) in [5.74, 6) is 1.13. The van der Waals surface area contributed by atoms with Crippen LogP contribution in [0.4, 0.5) is 0 Å². The first-order valence-corrected chi connectivity index (χ1v) is 7.51. The Bertz CT molecular complexity index is 467. The second-order valence-corrected chi connectivity index (χ2v) is 7.13. The highest BCUT2D eigenvalue weighted by molar-refractivity contribution is 5.75. The second-order valence-electron chi connectivity index (χ2n) is 7.13. The van der Waals surface area contributed by atoms with Crippen LogP contribution in [-0.4, -0.2) is 13.1 Å². The minimum absolute atomic E-state index is 0.0368. The Labute approximate surface area is 122 Å². The molecular formula is C18H26O2. The van der Waals surface area contributed by atoms with E-state index >= 15 is 0 Å². The minimum atomic E-state index is -0.0368. The molecule has 1 aliphatic rings. The molecule has 0 saturated heterocycles. The zero-order valence-electron chi connectivity index (χ0n) is 13.3. The SMILES string of the molecule is COC(=O)C1CC1CC(C)c1ccc(C(C)(C)C)cc1. The van der Waals surface area contributed by atoms with E-state index in [2.05, 4.69) is 52.0 Å². The Balaban J connectivity index is 1.94. The summed E-state index contributed by atoms with van der Waals surface area (Å²) in [4.78, 5) is 11.4. The summed E-state index contributed by atoms with van der Waals surface area (Å²) in [6.45, 7) is 8.95. The molecule has 3 atom stereocenters. The monoisotopic (exact) mass is 274 g/mol. The van der Waals surface area contributed by atoms with Gasteiger partial charge in [0.1, 0.15) is 0 Å². The third kappa shape index (κ3) is 3.41. The molecule has 1 aliphatic carbocycles. The molecule has 0 radical (unpaired) electrons. The fourth-order valence-electron chi connectivity index (χ4n) is 2.85. The number of carbonyl (C=O) groups is 1. The van der Waals surface area contributed by atoms with E-state index < -0.39 is 0 Å². The van der Waals surface area contributed by atoms with Gasteiger partial charge in [0.2, 0.25) is 0 Å². The average molecular weight is 274 g/mol. The predicted octanol–water partition coefficient (Wildman–Crippen LogP) is 4.29. The molecule has 0 aliphatic heterocycles. The van der Waals surface area contributed by atoms with Gasteiger partial charge in [-0.1, -0.05) is 52.0 Å². The molecule has 20 heavy (non-hydrogen) atoms. The van der Waals surface area contributed by atoms with Crippen LogP contribution in [0.2, 0.25) is 0 Å². The molecule has 3 unspecified atom stereocenters. The zero-order chi connectivity index (χ0) is 14.9. The van der Waals surface area contributed by atoms with Crippen molar-refractivity contribution >= 4 is 5.97 Å². The van der Waals surface area contributed by atoms with Gasteiger partial charge in [-0.3, -0.25) is 4.79 Å². The highest BCUT2D eigenvalue weighted by atomic mass is 16.5. The normalized spacial score (nSPS) is 23.2. The van der Waals surface area contributed by atoms with Gasteiger partial charge in [0.05, 0.1) is 13.0 Å². The van der Waals surface area contributed by atoms with Crippen LogP contribution in [0.1, 0.15) is 57.6 Å². The van der Waals surface area contributed by atoms with Crippen LogP contribution in [0, 0.1) is 11.8 Å². The molecule has 1 aromatic rings. The molecule has 0 spiro atoms.